The van der Waals surface area contributed by atoms with Crippen molar-refractivity contribution in [1.29, 1.82) is 0 Å². The molecule has 0 radical (unpaired) electrons. The third-order valence-electron chi connectivity index (χ3n) is 4.40. The Bertz CT molecular complexity index is 444. The quantitative estimate of drug-likeness (QED) is 0.847. The molecule has 3 heteroatoms. The lowest BCUT2D eigenvalue weighted by Crippen LogP contribution is -2.31. The molecular weight excluding hydrogens is 314 g/mol. The van der Waals surface area contributed by atoms with Crippen LogP contribution in [0.15, 0.2) is 22.7 Å². The average molecular weight is 338 g/mol. The summed E-state index contributed by atoms with van der Waals surface area (Å²) in [5.41, 5.74) is 1.85. The number of amides is 1. The zero-order chi connectivity index (χ0) is 14.5. The lowest BCUT2D eigenvalue weighted by Gasteiger charge is -2.27. The van der Waals surface area contributed by atoms with Crippen LogP contribution in [0.3, 0.4) is 0 Å². The molecule has 2 rings (SSSR count). The maximum atomic E-state index is 12.2. The second kappa shape index (κ2) is 7.26. The van der Waals surface area contributed by atoms with Gasteiger partial charge >= 0.3 is 0 Å². The van der Waals surface area contributed by atoms with E-state index in [9.17, 15) is 4.79 Å². The monoisotopic (exact) mass is 337 g/mol. The fourth-order valence-corrected chi connectivity index (χ4v) is 3.66. The largest absolute Gasteiger partial charge is 0.352 e. The highest BCUT2D eigenvalue weighted by molar-refractivity contribution is 9.10. The van der Waals surface area contributed by atoms with E-state index in [4.69, 9.17) is 0 Å². The Hall–Kier alpha value is -0.830. The molecule has 0 atom stereocenters. The minimum atomic E-state index is 0.0482. The summed E-state index contributed by atoms with van der Waals surface area (Å²) in [5.74, 6) is 1.62. The fraction of sp³-hybridized carbons (Fsp3) is 0.588. The van der Waals surface area contributed by atoms with Crippen LogP contribution >= 0.6 is 15.9 Å². The molecule has 0 heterocycles. The third-order valence-corrected chi connectivity index (χ3v) is 4.86. The Labute approximate surface area is 130 Å². The van der Waals surface area contributed by atoms with Crippen molar-refractivity contribution in [3.63, 3.8) is 0 Å². The van der Waals surface area contributed by atoms with Crippen LogP contribution in [-0.2, 0) is 0 Å². The maximum Gasteiger partial charge on any atom is 0.251 e. The summed E-state index contributed by atoms with van der Waals surface area (Å²) < 4.78 is 0.964. The second-order valence-electron chi connectivity index (χ2n) is 6.02. The number of rotatable bonds is 4. The van der Waals surface area contributed by atoms with E-state index < -0.39 is 0 Å². The van der Waals surface area contributed by atoms with Crippen LogP contribution < -0.4 is 5.32 Å². The van der Waals surface area contributed by atoms with Crippen LogP contribution in [0.2, 0.25) is 0 Å². The highest BCUT2D eigenvalue weighted by atomic mass is 79.9. The van der Waals surface area contributed by atoms with Crippen LogP contribution in [0.5, 0.6) is 0 Å². The van der Waals surface area contributed by atoms with E-state index in [1.807, 2.05) is 25.1 Å². The van der Waals surface area contributed by atoms with Gasteiger partial charge < -0.3 is 5.32 Å². The number of benzene rings is 1. The lowest BCUT2D eigenvalue weighted by atomic mass is 9.81. The highest BCUT2D eigenvalue weighted by Crippen LogP contribution is 2.30. The first-order valence-corrected chi connectivity index (χ1v) is 8.43. The minimum Gasteiger partial charge on any atom is -0.352 e. The molecule has 1 aromatic rings. The number of nitrogens with one attached hydrogen (secondary N) is 1. The number of carbonyl (C=O) groups is 1. The highest BCUT2D eigenvalue weighted by Gasteiger charge is 2.20. The zero-order valence-corrected chi connectivity index (χ0v) is 14.0. The van der Waals surface area contributed by atoms with Gasteiger partial charge in [-0.2, -0.15) is 0 Å². The number of hydrogen-bond acceptors (Lipinski definition) is 1. The van der Waals surface area contributed by atoms with Crippen molar-refractivity contribution in [2.75, 3.05) is 6.54 Å². The van der Waals surface area contributed by atoms with E-state index in [1.165, 1.54) is 32.1 Å². The summed E-state index contributed by atoms with van der Waals surface area (Å²) in [7, 11) is 0. The smallest absolute Gasteiger partial charge is 0.251 e. The van der Waals surface area contributed by atoms with Crippen LogP contribution in [0.1, 0.15) is 54.9 Å². The topological polar surface area (TPSA) is 29.1 Å². The van der Waals surface area contributed by atoms with Crippen molar-refractivity contribution in [1.82, 2.24) is 5.32 Å². The first kappa shape index (κ1) is 15.6. The van der Waals surface area contributed by atoms with Crippen molar-refractivity contribution >= 4 is 21.8 Å². The van der Waals surface area contributed by atoms with E-state index in [-0.39, 0.29) is 5.91 Å². The molecule has 1 aromatic carbocycles. The third kappa shape index (κ3) is 4.34. The Morgan fingerprint density at radius 2 is 1.85 bits per heavy atom. The van der Waals surface area contributed by atoms with Gasteiger partial charge in [-0.15, -0.1) is 0 Å². The summed E-state index contributed by atoms with van der Waals surface area (Å²) in [5, 5.41) is 3.10. The van der Waals surface area contributed by atoms with Crippen LogP contribution in [-0.4, -0.2) is 12.5 Å². The summed E-state index contributed by atoms with van der Waals surface area (Å²) >= 11 is 3.44. The summed E-state index contributed by atoms with van der Waals surface area (Å²) in [4.78, 5) is 12.2. The number of aryl methyl sites for hydroxylation is 1. The average Bonchev–Trinajstić information content (AvgIpc) is 2.44. The standard InChI is InChI=1S/C17H24BrNO/c1-3-13-4-6-14(7-5-13)11-19-17(20)15-8-12(2)9-16(18)10-15/h8-10,13-14H,3-7,11H2,1-2H3,(H,19,20). The van der Waals surface area contributed by atoms with Gasteiger partial charge in [-0.25, -0.2) is 0 Å². The Morgan fingerprint density at radius 3 is 2.45 bits per heavy atom. The van der Waals surface area contributed by atoms with Gasteiger partial charge in [0, 0.05) is 16.6 Å². The zero-order valence-electron chi connectivity index (χ0n) is 12.4. The minimum absolute atomic E-state index is 0.0482. The molecule has 0 spiro atoms. The molecule has 2 nitrogen and oxygen atoms in total. The van der Waals surface area contributed by atoms with E-state index in [0.29, 0.717) is 5.92 Å². The van der Waals surface area contributed by atoms with Crippen molar-refractivity contribution in [3.8, 4) is 0 Å². The molecule has 0 saturated heterocycles. The molecule has 110 valence electrons. The fourth-order valence-electron chi connectivity index (χ4n) is 3.05. The van der Waals surface area contributed by atoms with E-state index in [0.717, 1.165) is 28.1 Å². The van der Waals surface area contributed by atoms with Crippen molar-refractivity contribution in [3.05, 3.63) is 33.8 Å². The van der Waals surface area contributed by atoms with Gasteiger partial charge in [0.1, 0.15) is 0 Å². The first-order valence-electron chi connectivity index (χ1n) is 7.64. The molecule has 0 aromatic heterocycles. The van der Waals surface area contributed by atoms with Crippen LogP contribution in [0.25, 0.3) is 0 Å². The molecule has 1 amide bonds. The molecule has 0 aliphatic heterocycles. The van der Waals surface area contributed by atoms with Crippen molar-refractivity contribution in [2.24, 2.45) is 11.8 Å². The van der Waals surface area contributed by atoms with Gasteiger partial charge in [0.05, 0.1) is 0 Å². The van der Waals surface area contributed by atoms with Gasteiger partial charge in [-0.05, 0) is 55.4 Å². The van der Waals surface area contributed by atoms with E-state index in [1.54, 1.807) is 0 Å². The first-order chi connectivity index (χ1) is 9.58. The van der Waals surface area contributed by atoms with Gasteiger partial charge in [0.25, 0.3) is 5.91 Å². The normalized spacial score (nSPS) is 22.6. The van der Waals surface area contributed by atoms with Crippen LogP contribution in [0, 0.1) is 18.8 Å². The summed E-state index contributed by atoms with van der Waals surface area (Å²) in [6, 6.07) is 5.84. The van der Waals surface area contributed by atoms with E-state index >= 15 is 0 Å². The molecular formula is C17H24BrNO. The molecule has 0 unspecified atom stereocenters. The molecule has 0 bridgehead atoms. The molecule has 1 fully saturated rings. The maximum absolute atomic E-state index is 12.2. The second-order valence-corrected chi connectivity index (χ2v) is 6.94. The Morgan fingerprint density at radius 1 is 1.20 bits per heavy atom. The Kier molecular flexibility index (Phi) is 5.64. The van der Waals surface area contributed by atoms with E-state index in [2.05, 4.69) is 28.2 Å². The molecule has 20 heavy (non-hydrogen) atoms. The summed E-state index contributed by atoms with van der Waals surface area (Å²) in [6.07, 6.45) is 6.48. The number of hydrogen-bond donors (Lipinski definition) is 1. The molecule has 1 saturated carbocycles. The summed E-state index contributed by atoms with van der Waals surface area (Å²) in [6.45, 7) is 5.11. The van der Waals surface area contributed by atoms with Gasteiger partial charge in [-0.1, -0.05) is 42.1 Å². The molecule has 1 aliphatic rings. The van der Waals surface area contributed by atoms with Gasteiger partial charge in [0.15, 0.2) is 0 Å². The predicted molar refractivity (Wildman–Crippen MR) is 87.0 cm³/mol. The SMILES string of the molecule is CCC1CCC(CNC(=O)c2cc(C)cc(Br)c2)CC1. The molecule has 1 aliphatic carbocycles. The van der Waals surface area contributed by atoms with Crippen LogP contribution in [0.4, 0.5) is 0 Å². The molecule has 1 N–H and O–H groups in total. The number of carbonyl (C=O) groups excluding carboxylic acids is 1. The van der Waals surface area contributed by atoms with Crippen molar-refractivity contribution < 1.29 is 4.79 Å². The number of halogens is 1. The van der Waals surface area contributed by atoms with Gasteiger partial charge in [-0.3, -0.25) is 4.79 Å². The predicted octanol–water partition coefficient (Wildman–Crippen LogP) is 4.70. The van der Waals surface area contributed by atoms with Crippen molar-refractivity contribution in [2.45, 2.75) is 46.0 Å². The lowest BCUT2D eigenvalue weighted by molar-refractivity contribution is 0.0941. The Balaban J connectivity index is 1.83. The van der Waals surface area contributed by atoms with Gasteiger partial charge in [0.2, 0.25) is 0 Å².